The maximum atomic E-state index is 11.7. The predicted octanol–water partition coefficient (Wildman–Crippen LogP) is 2.01. The van der Waals surface area contributed by atoms with Gasteiger partial charge in [0.2, 0.25) is 5.82 Å². The van der Waals surface area contributed by atoms with Crippen molar-refractivity contribution in [2.75, 3.05) is 0 Å². The van der Waals surface area contributed by atoms with Crippen molar-refractivity contribution in [3.63, 3.8) is 0 Å². The van der Waals surface area contributed by atoms with Crippen molar-refractivity contribution in [2.24, 2.45) is 0 Å². The van der Waals surface area contributed by atoms with Crippen LogP contribution in [0.15, 0.2) is 12.1 Å². The Labute approximate surface area is 107 Å². The van der Waals surface area contributed by atoms with E-state index >= 15 is 0 Å². The molecular formula is C10H11ClN4OS. The van der Waals surface area contributed by atoms with Crippen LogP contribution < -0.4 is 5.32 Å². The highest BCUT2D eigenvalue weighted by atomic mass is 35.5. The summed E-state index contributed by atoms with van der Waals surface area (Å²) in [6.45, 7) is 2.38. The van der Waals surface area contributed by atoms with E-state index in [0.717, 1.165) is 11.3 Å². The van der Waals surface area contributed by atoms with Gasteiger partial charge in [-0.05, 0) is 12.1 Å². The van der Waals surface area contributed by atoms with Gasteiger partial charge < -0.3 is 5.32 Å². The number of aromatic amines is 1. The molecule has 0 spiro atoms. The van der Waals surface area contributed by atoms with Crippen LogP contribution in [0.25, 0.3) is 0 Å². The Kier molecular flexibility index (Phi) is 3.75. The average molecular weight is 271 g/mol. The van der Waals surface area contributed by atoms with E-state index < -0.39 is 0 Å². The summed E-state index contributed by atoms with van der Waals surface area (Å²) in [5.74, 6) is 0.587. The van der Waals surface area contributed by atoms with Crippen LogP contribution in [0.2, 0.25) is 4.34 Å². The lowest BCUT2D eigenvalue weighted by molar-refractivity contribution is 0.0941. The molecule has 2 aromatic rings. The van der Waals surface area contributed by atoms with Crippen molar-refractivity contribution < 1.29 is 4.79 Å². The Bertz CT molecular complexity index is 522. The number of hydrogen-bond acceptors (Lipinski definition) is 4. The van der Waals surface area contributed by atoms with Gasteiger partial charge in [-0.25, -0.2) is 4.98 Å². The van der Waals surface area contributed by atoms with Gasteiger partial charge in [0.05, 0.1) is 10.9 Å². The van der Waals surface area contributed by atoms with E-state index in [0.29, 0.717) is 16.7 Å². The molecule has 0 fully saturated rings. The topological polar surface area (TPSA) is 70.7 Å². The highest BCUT2D eigenvalue weighted by Gasteiger charge is 2.11. The summed E-state index contributed by atoms with van der Waals surface area (Å²) in [7, 11) is 0. The predicted molar refractivity (Wildman–Crippen MR) is 66.3 cm³/mol. The summed E-state index contributed by atoms with van der Waals surface area (Å²) in [6, 6.07) is 3.68. The number of H-pyrrole nitrogens is 1. The molecule has 0 aliphatic rings. The first-order valence-corrected chi connectivity index (χ1v) is 6.32. The number of nitrogens with zero attached hydrogens (tertiary/aromatic N) is 2. The van der Waals surface area contributed by atoms with E-state index in [1.165, 1.54) is 11.3 Å². The highest BCUT2D eigenvalue weighted by molar-refractivity contribution is 7.16. The second-order valence-corrected chi connectivity index (χ2v) is 5.15. The molecule has 90 valence electrons. The molecule has 2 heterocycles. The summed E-state index contributed by atoms with van der Waals surface area (Å²) in [5, 5.41) is 9.27. The Balaban J connectivity index is 1.93. The maximum Gasteiger partial charge on any atom is 0.291 e. The minimum Gasteiger partial charge on any atom is -0.344 e. The Morgan fingerprint density at radius 2 is 2.41 bits per heavy atom. The van der Waals surface area contributed by atoms with Gasteiger partial charge in [-0.2, -0.15) is 0 Å². The standard InChI is InChI=1S/C10H11ClN4OS/c1-2-8-13-9(15-14-8)10(16)12-5-6-3-4-7(11)17-6/h3-4H,2,5H2,1H3,(H,12,16)(H,13,14,15). The normalized spacial score (nSPS) is 10.5. The van der Waals surface area contributed by atoms with Gasteiger partial charge in [0.25, 0.3) is 5.91 Å². The number of aryl methyl sites for hydroxylation is 1. The summed E-state index contributed by atoms with van der Waals surface area (Å²) >= 11 is 7.23. The second kappa shape index (κ2) is 5.29. The van der Waals surface area contributed by atoms with Gasteiger partial charge >= 0.3 is 0 Å². The number of rotatable bonds is 4. The van der Waals surface area contributed by atoms with Crippen LogP contribution in [-0.2, 0) is 13.0 Å². The smallest absolute Gasteiger partial charge is 0.291 e. The SMILES string of the molecule is CCc1nc(C(=O)NCc2ccc(Cl)s2)n[nH]1. The first-order chi connectivity index (χ1) is 8.19. The number of thiophene rings is 1. The lowest BCUT2D eigenvalue weighted by Crippen LogP contribution is -2.23. The molecule has 17 heavy (non-hydrogen) atoms. The number of halogens is 1. The van der Waals surface area contributed by atoms with Gasteiger partial charge in [0, 0.05) is 11.3 Å². The molecule has 0 unspecified atom stereocenters. The molecule has 0 atom stereocenters. The fourth-order valence-corrected chi connectivity index (χ4v) is 2.28. The average Bonchev–Trinajstić information content (AvgIpc) is 2.94. The van der Waals surface area contributed by atoms with Crippen molar-refractivity contribution in [1.82, 2.24) is 20.5 Å². The number of hydrogen-bond donors (Lipinski definition) is 2. The van der Waals surface area contributed by atoms with Crippen LogP contribution in [0.4, 0.5) is 0 Å². The van der Waals surface area contributed by atoms with Crippen molar-refractivity contribution in [1.29, 1.82) is 0 Å². The molecule has 0 saturated carbocycles. The third-order valence-electron chi connectivity index (χ3n) is 2.12. The molecule has 0 radical (unpaired) electrons. The fraction of sp³-hybridized carbons (Fsp3) is 0.300. The molecule has 0 saturated heterocycles. The van der Waals surface area contributed by atoms with Crippen LogP contribution in [0.3, 0.4) is 0 Å². The van der Waals surface area contributed by atoms with E-state index in [4.69, 9.17) is 11.6 Å². The van der Waals surface area contributed by atoms with Gasteiger partial charge in [-0.15, -0.1) is 16.4 Å². The van der Waals surface area contributed by atoms with Crippen molar-refractivity contribution >= 4 is 28.8 Å². The molecular weight excluding hydrogens is 260 g/mol. The van der Waals surface area contributed by atoms with Crippen molar-refractivity contribution in [2.45, 2.75) is 19.9 Å². The largest absolute Gasteiger partial charge is 0.344 e. The number of amides is 1. The third-order valence-corrected chi connectivity index (χ3v) is 3.35. The Morgan fingerprint density at radius 3 is 3.00 bits per heavy atom. The minimum atomic E-state index is -0.287. The van der Waals surface area contributed by atoms with E-state index in [2.05, 4.69) is 20.5 Å². The molecule has 0 aliphatic carbocycles. The first kappa shape index (κ1) is 12.1. The summed E-state index contributed by atoms with van der Waals surface area (Å²) in [5.41, 5.74) is 0. The van der Waals surface area contributed by atoms with Crippen LogP contribution in [0, 0.1) is 0 Å². The van der Waals surface area contributed by atoms with Crippen LogP contribution in [0.5, 0.6) is 0 Å². The second-order valence-electron chi connectivity index (χ2n) is 3.35. The molecule has 0 aromatic carbocycles. The molecule has 2 rings (SSSR count). The zero-order valence-corrected chi connectivity index (χ0v) is 10.7. The number of carbonyl (C=O) groups excluding carboxylic acids is 1. The van der Waals surface area contributed by atoms with Crippen LogP contribution in [-0.4, -0.2) is 21.1 Å². The number of carbonyl (C=O) groups is 1. The van der Waals surface area contributed by atoms with Gasteiger partial charge in [0.1, 0.15) is 5.82 Å². The van der Waals surface area contributed by atoms with E-state index in [1.807, 2.05) is 13.0 Å². The lowest BCUT2D eigenvalue weighted by Gasteiger charge is -1.98. The third kappa shape index (κ3) is 3.04. The zero-order chi connectivity index (χ0) is 12.3. The minimum absolute atomic E-state index is 0.171. The molecule has 0 bridgehead atoms. The van der Waals surface area contributed by atoms with E-state index in [-0.39, 0.29) is 11.7 Å². The van der Waals surface area contributed by atoms with Crippen LogP contribution in [0.1, 0.15) is 28.2 Å². The zero-order valence-electron chi connectivity index (χ0n) is 9.16. The van der Waals surface area contributed by atoms with Crippen molar-refractivity contribution in [3.05, 3.63) is 33.0 Å². The van der Waals surface area contributed by atoms with E-state index in [1.54, 1.807) is 6.07 Å². The van der Waals surface area contributed by atoms with Crippen LogP contribution >= 0.6 is 22.9 Å². The summed E-state index contributed by atoms with van der Waals surface area (Å²) in [4.78, 5) is 16.7. The number of aromatic nitrogens is 3. The first-order valence-electron chi connectivity index (χ1n) is 5.12. The fourth-order valence-electron chi connectivity index (χ4n) is 1.25. The molecule has 7 heteroatoms. The Morgan fingerprint density at radius 1 is 1.59 bits per heavy atom. The maximum absolute atomic E-state index is 11.7. The molecule has 2 N–H and O–H groups in total. The monoisotopic (exact) mass is 270 g/mol. The molecule has 5 nitrogen and oxygen atoms in total. The van der Waals surface area contributed by atoms with Gasteiger partial charge in [-0.3, -0.25) is 9.89 Å². The highest BCUT2D eigenvalue weighted by Crippen LogP contribution is 2.20. The summed E-state index contributed by atoms with van der Waals surface area (Å²) in [6.07, 6.45) is 0.723. The number of nitrogens with one attached hydrogen (secondary N) is 2. The Hall–Kier alpha value is -1.40. The van der Waals surface area contributed by atoms with Gasteiger partial charge in [-0.1, -0.05) is 18.5 Å². The van der Waals surface area contributed by atoms with Gasteiger partial charge in [0.15, 0.2) is 0 Å². The molecule has 2 aromatic heterocycles. The quantitative estimate of drug-likeness (QED) is 0.893. The molecule has 1 amide bonds. The van der Waals surface area contributed by atoms with Crippen molar-refractivity contribution in [3.8, 4) is 0 Å². The lowest BCUT2D eigenvalue weighted by atomic mass is 10.4. The summed E-state index contributed by atoms with van der Waals surface area (Å²) < 4.78 is 0.709. The molecule has 0 aliphatic heterocycles. The van der Waals surface area contributed by atoms with E-state index in [9.17, 15) is 4.79 Å².